The van der Waals surface area contributed by atoms with E-state index in [4.69, 9.17) is 22.5 Å². The molecule has 0 unspecified atom stereocenters. The Kier molecular flexibility index (Phi) is 5.72. The van der Waals surface area contributed by atoms with Gasteiger partial charge in [0.2, 0.25) is 0 Å². The molecule has 0 radical (unpaired) electrons. The van der Waals surface area contributed by atoms with Gasteiger partial charge in [0.15, 0.2) is 0 Å². The molecule has 1 heterocycles. The maximum absolute atomic E-state index is 8.47. The zero-order chi connectivity index (χ0) is 12.7. The fourth-order valence-electron chi connectivity index (χ4n) is 1.44. The lowest BCUT2D eigenvalue weighted by Crippen LogP contribution is -2.28. The average Bonchev–Trinajstić information content (AvgIpc) is 2.36. The SMILES string of the molecule is CCN(CCC(N)=NO)Cc1ccncc1Cl. The molecule has 1 rings (SSSR count). The van der Waals surface area contributed by atoms with Crippen LogP contribution < -0.4 is 5.73 Å². The molecular formula is C11H17ClN4O. The first-order valence-corrected chi connectivity index (χ1v) is 5.82. The molecule has 0 aliphatic rings. The average molecular weight is 257 g/mol. The van der Waals surface area contributed by atoms with Gasteiger partial charge in [-0.15, -0.1) is 0 Å². The predicted molar refractivity (Wildman–Crippen MR) is 68.2 cm³/mol. The summed E-state index contributed by atoms with van der Waals surface area (Å²) in [6.45, 7) is 4.39. The lowest BCUT2D eigenvalue weighted by molar-refractivity contribution is 0.283. The standard InChI is InChI=1S/C11H17ClN4O/c1-2-16(6-4-11(13)15-17)8-9-3-5-14-7-10(9)12/h3,5,7,17H,2,4,6,8H2,1H3,(H2,13,15). The summed E-state index contributed by atoms with van der Waals surface area (Å²) in [5.74, 6) is 0.240. The molecule has 1 aromatic rings. The molecule has 5 nitrogen and oxygen atoms in total. The summed E-state index contributed by atoms with van der Waals surface area (Å²) in [6.07, 6.45) is 3.89. The molecule has 0 saturated carbocycles. The third kappa shape index (κ3) is 4.58. The molecule has 0 aliphatic heterocycles. The van der Waals surface area contributed by atoms with Crippen molar-refractivity contribution in [3.05, 3.63) is 29.0 Å². The zero-order valence-corrected chi connectivity index (χ0v) is 10.6. The van der Waals surface area contributed by atoms with E-state index in [-0.39, 0.29) is 5.84 Å². The summed E-state index contributed by atoms with van der Waals surface area (Å²) in [5.41, 5.74) is 6.47. The normalized spacial score (nSPS) is 12.1. The Balaban J connectivity index is 2.55. The lowest BCUT2D eigenvalue weighted by Gasteiger charge is -2.20. The van der Waals surface area contributed by atoms with Crippen molar-refractivity contribution in [1.29, 1.82) is 0 Å². The predicted octanol–water partition coefficient (Wildman–Crippen LogP) is 1.69. The molecule has 0 saturated heterocycles. The molecule has 6 heteroatoms. The van der Waals surface area contributed by atoms with Crippen molar-refractivity contribution in [2.24, 2.45) is 10.9 Å². The van der Waals surface area contributed by atoms with Crippen molar-refractivity contribution in [3.8, 4) is 0 Å². The van der Waals surface area contributed by atoms with E-state index in [2.05, 4.69) is 22.0 Å². The number of rotatable bonds is 6. The number of hydrogen-bond acceptors (Lipinski definition) is 4. The second-order valence-corrected chi connectivity index (χ2v) is 4.08. The molecule has 0 atom stereocenters. The molecule has 0 spiro atoms. The number of nitrogens with two attached hydrogens (primary N) is 1. The second-order valence-electron chi connectivity index (χ2n) is 3.68. The first-order chi connectivity index (χ1) is 8.17. The first kappa shape index (κ1) is 13.7. The number of pyridine rings is 1. The Morgan fingerprint density at radius 3 is 3.00 bits per heavy atom. The van der Waals surface area contributed by atoms with Crippen LogP contribution in [0.15, 0.2) is 23.6 Å². The van der Waals surface area contributed by atoms with E-state index in [1.807, 2.05) is 6.07 Å². The van der Waals surface area contributed by atoms with Gasteiger partial charge in [-0.3, -0.25) is 9.88 Å². The van der Waals surface area contributed by atoms with Gasteiger partial charge in [0.05, 0.1) is 5.02 Å². The Morgan fingerprint density at radius 2 is 2.41 bits per heavy atom. The molecule has 0 bridgehead atoms. The van der Waals surface area contributed by atoms with Crippen molar-refractivity contribution in [3.63, 3.8) is 0 Å². The summed E-state index contributed by atoms with van der Waals surface area (Å²) in [5, 5.41) is 12.1. The number of oxime groups is 1. The van der Waals surface area contributed by atoms with Gasteiger partial charge in [-0.2, -0.15) is 0 Å². The highest BCUT2D eigenvalue weighted by molar-refractivity contribution is 6.31. The minimum Gasteiger partial charge on any atom is -0.409 e. The minimum absolute atomic E-state index is 0.240. The van der Waals surface area contributed by atoms with Crippen LogP contribution in [-0.2, 0) is 6.54 Å². The van der Waals surface area contributed by atoms with Gasteiger partial charge in [-0.25, -0.2) is 0 Å². The smallest absolute Gasteiger partial charge is 0.140 e. The van der Waals surface area contributed by atoms with Gasteiger partial charge >= 0.3 is 0 Å². The molecule has 1 aromatic heterocycles. The topological polar surface area (TPSA) is 74.7 Å². The van der Waals surface area contributed by atoms with Crippen molar-refractivity contribution in [2.45, 2.75) is 19.9 Å². The van der Waals surface area contributed by atoms with Crippen LogP contribution >= 0.6 is 11.6 Å². The van der Waals surface area contributed by atoms with Crippen LogP contribution in [0.5, 0.6) is 0 Å². The Morgan fingerprint density at radius 1 is 1.65 bits per heavy atom. The van der Waals surface area contributed by atoms with Crippen LogP contribution in [0.3, 0.4) is 0 Å². The summed E-state index contributed by atoms with van der Waals surface area (Å²) in [7, 11) is 0. The Bertz CT molecular complexity index is 383. The van der Waals surface area contributed by atoms with Gasteiger partial charge in [-0.1, -0.05) is 23.7 Å². The van der Waals surface area contributed by atoms with Crippen molar-refractivity contribution in [1.82, 2.24) is 9.88 Å². The second kappa shape index (κ2) is 7.09. The van der Waals surface area contributed by atoms with Crippen LogP contribution in [0.1, 0.15) is 18.9 Å². The fourth-order valence-corrected chi connectivity index (χ4v) is 1.62. The zero-order valence-electron chi connectivity index (χ0n) is 9.80. The minimum atomic E-state index is 0.240. The Labute approximate surface area is 106 Å². The summed E-state index contributed by atoms with van der Waals surface area (Å²) < 4.78 is 0. The van der Waals surface area contributed by atoms with Gasteiger partial charge in [0, 0.05) is 31.9 Å². The monoisotopic (exact) mass is 256 g/mol. The van der Waals surface area contributed by atoms with Crippen molar-refractivity contribution >= 4 is 17.4 Å². The molecular weight excluding hydrogens is 240 g/mol. The van der Waals surface area contributed by atoms with Crippen LogP contribution in [0.25, 0.3) is 0 Å². The fraction of sp³-hybridized carbons (Fsp3) is 0.455. The maximum atomic E-state index is 8.47. The molecule has 3 N–H and O–H groups in total. The van der Waals surface area contributed by atoms with E-state index in [1.165, 1.54) is 0 Å². The maximum Gasteiger partial charge on any atom is 0.140 e. The van der Waals surface area contributed by atoms with E-state index in [1.54, 1.807) is 12.4 Å². The van der Waals surface area contributed by atoms with E-state index in [0.717, 1.165) is 25.2 Å². The lowest BCUT2D eigenvalue weighted by atomic mass is 10.2. The van der Waals surface area contributed by atoms with Crippen molar-refractivity contribution < 1.29 is 5.21 Å². The van der Waals surface area contributed by atoms with E-state index >= 15 is 0 Å². The van der Waals surface area contributed by atoms with Crippen LogP contribution in [0, 0.1) is 0 Å². The van der Waals surface area contributed by atoms with Crippen LogP contribution in [-0.4, -0.2) is 34.0 Å². The summed E-state index contributed by atoms with van der Waals surface area (Å²) >= 11 is 6.04. The largest absolute Gasteiger partial charge is 0.409 e. The van der Waals surface area contributed by atoms with Crippen molar-refractivity contribution in [2.75, 3.05) is 13.1 Å². The number of nitrogens with zero attached hydrogens (tertiary/aromatic N) is 3. The van der Waals surface area contributed by atoms with E-state index < -0.39 is 0 Å². The third-order valence-electron chi connectivity index (χ3n) is 2.51. The van der Waals surface area contributed by atoms with E-state index in [0.29, 0.717) is 11.4 Å². The summed E-state index contributed by atoms with van der Waals surface area (Å²) in [6, 6.07) is 1.90. The van der Waals surface area contributed by atoms with E-state index in [9.17, 15) is 0 Å². The molecule has 0 aliphatic carbocycles. The van der Waals surface area contributed by atoms with Gasteiger partial charge < -0.3 is 10.9 Å². The highest BCUT2D eigenvalue weighted by Crippen LogP contribution is 2.15. The van der Waals surface area contributed by atoms with Crippen LogP contribution in [0.4, 0.5) is 0 Å². The summed E-state index contributed by atoms with van der Waals surface area (Å²) in [4.78, 5) is 6.11. The third-order valence-corrected chi connectivity index (χ3v) is 2.85. The number of aromatic nitrogens is 1. The van der Waals surface area contributed by atoms with Gasteiger partial charge in [-0.05, 0) is 18.2 Å². The van der Waals surface area contributed by atoms with Gasteiger partial charge in [0.1, 0.15) is 5.84 Å². The molecule has 0 fully saturated rings. The number of hydrogen-bond donors (Lipinski definition) is 2. The van der Waals surface area contributed by atoms with Gasteiger partial charge in [0.25, 0.3) is 0 Å². The van der Waals surface area contributed by atoms with Crippen LogP contribution in [0.2, 0.25) is 5.02 Å². The Hall–Kier alpha value is -1.33. The molecule has 94 valence electrons. The first-order valence-electron chi connectivity index (χ1n) is 5.44. The molecule has 0 amide bonds. The highest BCUT2D eigenvalue weighted by atomic mass is 35.5. The highest BCUT2D eigenvalue weighted by Gasteiger charge is 2.07. The number of amidine groups is 1. The number of halogens is 1. The quantitative estimate of drug-likeness (QED) is 0.352. The molecule has 17 heavy (non-hydrogen) atoms. The molecule has 0 aromatic carbocycles.